The molecule has 110 valence electrons. The van der Waals surface area contributed by atoms with E-state index in [2.05, 4.69) is 4.98 Å². The van der Waals surface area contributed by atoms with Crippen LogP contribution in [0.2, 0.25) is 0 Å². The molecule has 0 aliphatic carbocycles. The molecule has 0 aliphatic heterocycles. The Morgan fingerprint density at radius 2 is 1.86 bits per heavy atom. The highest BCUT2D eigenvalue weighted by molar-refractivity contribution is 5.94. The largest absolute Gasteiger partial charge is 0.337 e. The molecule has 0 radical (unpaired) electrons. The second-order valence-electron chi connectivity index (χ2n) is 5.18. The van der Waals surface area contributed by atoms with Gasteiger partial charge in [-0.25, -0.2) is 4.39 Å². The van der Waals surface area contributed by atoms with Gasteiger partial charge in [0.15, 0.2) is 0 Å². The molecule has 1 aromatic heterocycles. The van der Waals surface area contributed by atoms with E-state index in [0.29, 0.717) is 6.54 Å². The summed E-state index contributed by atoms with van der Waals surface area (Å²) in [4.78, 5) is 18.2. The Kier molecular flexibility index (Phi) is 3.83. The molecule has 1 amide bonds. The average Bonchev–Trinajstić information content (AvgIpc) is 2.54. The summed E-state index contributed by atoms with van der Waals surface area (Å²) < 4.78 is 13.7. The van der Waals surface area contributed by atoms with E-state index in [0.717, 1.165) is 16.5 Å². The lowest BCUT2D eigenvalue weighted by Gasteiger charge is -2.17. The maximum absolute atomic E-state index is 13.7. The predicted octanol–water partition coefficient (Wildman–Crippen LogP) is 3.65. The first-order valence-corrected chi connectivity index (χ1v) is 6.99. The Labute approximate surface area is 128 Å². The lowest BCUT2D eigenvalue weighted by atomic mass is 10.1. The highest BCUT2D eigenvalue weighted by Crippen LogP contribution is 2.15. The Balaban J connectivity index is 1.82. The molecule has 3 aromatic rings. The van der Waals surface area contributed by atoms with Crippen molar-refractivity contribution in [3.63, 3.8) is 0 Å². The van der Waals surface area contributed by atoms with Crippen LogP contribution in [0.3, 0.4) is 0 Å². The van der Waals surface area contributed by atoms with Crippen LogP contribution in [0.25, 0.3) is 10.9 Å². The summed E-state index contributed by atoms with van der Waals surface area (Å²) in [6.07, 6.45) is 1.74. The van der Waals surface area contributed by atoms with Gasteiger partial charge in [-0.05, 0) is 29.8 Å². The Morgan fingerprint density at radius 3 is 2.68 bits per heavy atom. The van der Waals surface area contributed by atoms with Crippen LogP contribution in [-0.4, -0.2) is 22.8 Å². The number of hydrogen-bond acceptors (Lipinski definition) is 2. The van der Waals surface area contributed by atoms with E-state index >= 15 is 0 Å². The number of rotatable bonds is 3. The molecular formula is C18H15FN2O. The monoisotopic (exact) mass is 294 g/mol. The number of hydrogen-bond donors (Lipinski definition) is 0. The topological polar surface area (TPSA) is 33.2 Å². The number of fused-ring (bicyclic) bond motifs is 1. The van der Waals surface area contributed by atoms with Crippen LogP contribution in [0.4, 0.5) is 4.39 Å². The normalized spacial score (nSPS) is 10.6. The molecule has 4 heteroatoms. The molecule has 2 aromatic carbocycles. The van der Waals surface area contributed by atoms with Crippen molar-refractivity contribution in [1.29, 1.82) is 0 Å². The number of amides is 1. The summed E-state index contributed by atoms with van der Waals surface area (Å²) in [6, 6.07) is 15.8. The van der Waals surface area contributed by atoms with E-state index in [-0.39, 0.29) is 11.5 Å². The van der Waals surface area contributed by atoms with Gasteiger partial charge < -0.3 is 4.90 Å². The molecule has 0 atom stereocenters. The van der Waals surface area contributed by atoms with Gasteiger partial charge in [-0.15, -0.1) is 0 Å². The minimum Gasteiger partial charge on any atom is -0.337 e. The minimum absolute atomic E-state index is 0.0822. The van der Waals surface area contributed by atoms with E-state index in [4.69, 9.17) is 0 Å². The third-order valence-corrected chi connectivity index (χ3v) is 3.52. The third kappa shape index (κ3) is 2.81. The van der Waals surface area contributed by atoms with Crippen LogP contribution in [-0.2, 0) is 6.54 Å². The Hall–Kier alpha value is -2.75. The van der Waals surface area contributed by atoms with Crippen molar-refractivity contribution in [2.45, 2.75) is 6.54 Å². The Morgan fingerprint density at radius 1 is 1.14 bits per heavy atom. The quantitative estimate of drug-likeness (QED) is 0.739. The second kappa shape index (κ2) is 5.93. The van der Waals surface area contributed by atoms with Crippen molar-refractivity contribution in [3.05, 3.63) is 77.7 Å². The van der Waals surface area contributed by atoms with Gasteiger partial charge in [0, 0.05) is 25.2 Å². The molecule has 3 nitrogen and oxygen atoms in total. The SMILES string of the molecule is CN(Cc1cnc2ccccc2c1)C(=O)c1ccccc1F. The molecule has 22 heavy (non-hydrogen) atoms. The highest BCUT2D eigenvalue weighted by Gasteiger charge is 2.15. The summed E-state index contributed by atoms with van der Waals surface area (Å²) in [5.74, 6) is -0.845. The zero-order valence-electron chi connectivity index (χ0n) is 12.2. The summed E-state index contributed by atoms with van der Waals surface area (Å²) in [5.41, 5.74) is 1.90. The fourth-order valence-electron chi connectivity index (χ4n) is 2.39. The van der Waals surface area contributed by atoms with Crippen molar-refractivity contribution < 1.29 is 9.18 Å². The second-order valence-corrected chi connectivity index (χ2v) is 5.18. The molecule has 3 rings (SSSR count). The molecule has 0 N–H and O–H groups in total. The van der Waals surface area contributed by atoms with Gasteiger partial charge in [0.1, 0.15) is 5.82 Å². The highest BCUT2D eigenvalue weighted by atomic mass is 19.1. The summed E-state index contributed by atoms with van der Waals surface area (Å²) in [7, 11) is 1.66. The first-order valence-electron chi connectivity index (χ1n) is 6.99. The number of halogens is 1. The summed E-state index contributed by atoms with van der Waals surface area (Å²) >= 11 is 0. The zero-order chi connectivity index (χ0) is 15.5. The van der Waals surface area contributed by atoms with Crippen LogP contribution in [0, 0.1) is 5.82 Å². The van der Waals surface area contributed by atoms with Crippen molar-refractivity contribution >= 4 is 16.8 Å². The Bertz CT molecular complexity index is 832. The van der Waals surface area contributed by atoms with Crippen LogP contribution >= 0.6 is 0 Å². The maximum Gasteiger partial charge on any atom is 0.256 e. The smallest absolute Gasteiger partial charge is 0.256 e. The molecule has 0 unspecified atom stereocenters. The van der Waals surface area contributed by atoms with Crippen molar-refractivity contribution in [2.75, 3.05) is 7.05 Å². The lowest BCUT2D eigenvalue weighted by Crippen LogP contribution is -2.27. The average molecular weight is 294 g/mol. The first-order chi connectivity index (χ1) is 10.6. The van der Waals surface area contributed by atoms with E-state index in [1.165, 1.54) is 17.0 Å². The molecule has 1 heterocycles. The van der Waals surface area contributed by atoms with E-state index < -0.39 is 5.82 Å². The minimum atomic E-state index is -0.504. The van der Waals surface area contributed by atoms with Crippen LogP contribution in [0.15, 0.2) is 60.8 Å². The van der Waals surface area contributed by atoms with Crippen molar-refractivity contribution in [2.24, 2.45) is 0 Å². The number of carbonyl (C=O) groups is 1. The van der Waals surface area contributed by atoms with Gasteiger partial charge in [-0.3, -0.25) is 9.78 Å². The van der Waals surface area contributed by atoms with Gasteiger partial charge in [0.2, 0.25) is 0 Å². The van der Waals surface area contributed by atoms with E-state index in [9.17, 15) is 9.18 Å². The van der Waals surface area contributed by atoms with Gasteiger partial charge in [0.25, 0.3) is 5.91 Å². The molecule has 0 saturated carbocycles. The third-order valence-electron chi connectivity index (χ3n) is 3.52. The summed E-state index contributed by atoms with van der Waals surface area (Å²) in [6.45, 7) is 0.380. The van der Waals surface area contributed by atoms with Gasteiger partial charge in [0.05, 0.1) is 11.1 Å². The number of nitrogens with zero attached hydrogens (tertiary/aromatic N) is 2. The number of pyridine rings is 1. The van der Waals surface area contributed by atoms with Crippen LogP contribution in [0.5, 0.6) is 0 Å². The molecule has 0 aliphatic rings. The van der Waals surface area contributed by atoms with Crippen molar-refractivity contribution in [1.82, 2.24) is 9.88 Å². The molecular weight excluding hydrogens is 279 g/mol. The standard InChI is InChI=1S/C18H15FN2O/c1-21(18(22)15-7-3-4-8-16(15)19)12-13-10-14-6-2-5-9-17(14)20-11-13/h2-11H,12H2,1H3. The van der Waals surface area contributed by atoms with Gasteiger partial charge >= 0.3 is 0 Å². The summed E-state index contributed by atoms with van der Waals surface area (Å²) in [5, 5.41) is 1.02. The maximum atomic E-state index is 13.7. The van der Waals surface area contributed by atoms with Crippen LogP contribution < -0.4 is 0 Å². The lowest BCUT2D eigenvalue weighted by molar-refractivity contribution is 0.0780. The number of para-hydroxylation sites is 1. The number of aromatic nitrogens is 1. The molecule has 0 fully saturated rings. The molecule has 0 saturated heterocycles. The van der Waals surface area contributed by atoms with E-state index in [1.54, 1.807) is 25.4 Å². The molecule has 0 bridgehead atoms. The predicted molar refractivity (Wildman–Crippen MR) is 83.9 cm³/mol. The van der Waals surface area contributed by atoms with Gasteiger partial charge in [-0.2, -0.15) is 0 Å². The zero-order valence-corrected chi connectivity index (χ0v) is 12.2. The van der Waals surface area contributed by atoms with Crippen molar-refractivity contribution in [3.8, 4) is 0 Å². The number of benzene rings is 2. The fraction of sp³-hybridized carbons (Fsp3) is 0.111. The van der Waals surface area contributed by atoms with Crippen LogP contribution in [0.1, 0.15) is 15.9 Å². The number of carbonyl (C=O) groups excluding carboxylic acids is 1. The van der Waals surface area contributed by atoms with Gasteiger partial charge in [-0.1, -0.05) is 30.3 Å². The fourth-order valence-corrected chi connectivity index (χ4v) is 2.39. The van der Waals surface area contributed by atoms with E-state index in [1.807, 2.05) is 30.3 Å². The first kappa shape index (κ1) is 14.2. The molecule has 0 spiro atoms.